The lowest BCUT2D eigenvalue weighted by molar-refractivity contribution is 0.0525. The van der Waals surface area contributed by atoms with Gasteiger partial charge in [-0.2, -0.15) is 0 Å². The Morgan fingerprint density at radius 2 is 1.93 bits per heavy atom. The molecule has 0 atom stereocenters. The monoisotopic (exact) mass is 381 g/mol. The number of esters is 1. The number of fused-ring (bicyclic) bond motifs is 2. The Kier molecular flexibility index (Phi) is 4.73. The first kappa shape index (κ1) is 18.4. The SMILES string of the molecule is CCOC(=O)c1c(CNC(C)(C)c2ccc3c(c2)OCO3)oc2ccccc12. The van der Waals surface area contributed by atoms with Crippen LogP contribution in [0, 0.1) is 0 Å². The van der Waals surface area contributed by atoms with Gasteiger partial charge in [-0.05, 0) is 44.5 Å². The number of carbonyl (C=O) groups excluding carboxylic acids is 1. The predicted octanol–water partition coefficient (Wildman–Crippen LogP) is 4.36. The normalized spacial score (nSPS) is 13.1. The summed E-state index contributed by atoms with van der Waals surface area (Å²) in [5.41, 5.74) is 1.81. The summed E-state index contributed by atoms with van der Waals surface area (Å²) in [7, 11) is 0. The van der Waals surface area contributed by atoms with E-state index in [2.05, 4.69) is 19.2 Å². The minimum atomic E-state index is -0.383. The van der Waals surface area contributed by atoms with E-state index in [0.717, 1.165) is 22.4 Å². The molecule has 0 saturated carbocycles. The summed E-state index contributed by atoms with van der Waals surface area (Å²) in [6, 6.07) is 13.4. The molecule has 1 N–H and O–H groups in total. The smallest absolute Gasteiger partial charge is 0.342 e. The number of nitrogens with one attached hydrogen (secondary N) is 1. The molecule has 0 unspecified atom stereocenters. The Morgan fingerprint density at radius 1 is 1.14 bits per heavy atom. The van der Waals surface area contributed by atoms with Crippen molar-refractivity contribution in [3.8, 4) is 11.5 Å². The summed E-state index contributed by atoms with van der Waals surface area (Å²) in [5.74, 6) is 1.68. The summed E-state index contributed by atoms with van der Waals surface area (Å²) < 4.78 is 22.1. The Morgan fingerprint density at radius 3 is 2.75 bits per heavy atom. The lowest BCUT2D eigenvalue weighted by Gasteiger charge is -2.27. The number of hydrogen-bond acceptors (Lipinski definition) is 6. The maximum Gasteiger partial charge on any atom is 0.342 e. The number of hydrogen-bond donors (Lipinski definition) is 1. The number of furan rings is 1. The molecular weight excluding hydrogens is 358 g/mol. The quantitative estimate of drug-likeness (QED) is 0.640. The molecule has 4 rings (SSSR count). The van der Waals surface area contributed by atoms with Crippen molar-refractivity contribution in [2.75, 3.05) is 13.4 Å². The largest absolute Gasteiger partial charge is 0.462 e. The van der Waals surface area contributed by atoms with E-state index in [9.17, 15) is 4.79 Å². The second-order valence-electron chi connectivity index (χ2n) is 7.16. The average molecular weight is 381 g/mol. The van der Waals surface area contributed by atoms with Crippen LogP contribution in [0.2, 0.25) is 0 Å². The Balaban J connectivity index is 1.61. The molecule has 0 aliphatic carbocycles. The Bertz CT molecular complexity index is 1020. The summed E-state index contributed by atoms with van der Waals surface area (Å²) in [6.07, 6.45) is 0. The first-order valence-electron chi connectivity index (χ1n) is 9.32. The van der Waals surface area contributed by atoms with Gasteiger partial charge in [-0.25, -0.2) is 4.79 Å². The molecule has 0 amide bonds. The molecule has 0 bridgehead atoms. The van der Waals surface area contributed by atoms with Crippen molar-refractivity contribution in [3.63, 3.8) is 0 Å². The highest BCUT2D eigenvalue weighted by atomic mass is 16.7. The number of rotatable bonds is 6. The van der Waals surface area contributed by atoms with Crippen molar-refractivity contribution >= 4 is 16.9 Å². The topological polar surface area (TPSA) is 69.9 Å². The third kappa shape index (κ3) is 3.31. The first-order valence-corrected chi connectivity index (χ1v) is 9.32. The van der Waals surface area contributed by atoms with Gasteiger partial charge in [-0.3, -0.25) is 0 Å². The van der Waals surface area contributed by atoms with Crippen LogP contribution >= 0.6 is 0 Å². The molecule has 0 fully saturated rings. The van der Waals surface area contributed by atoms with Gasteiger partial charge in [0.1, 0.15) is 16.9 Å². The lowest BCUT2D eigenvalue weighted by Crippen LogP contribution is -2.36. The van der Waals surface area contributed by atoms with Crippen LogP contribution in [0.4, 0.5) is 0 Å². The molecule has 6 heteroatoms. The zero-order valence-electron chi connectivity index (χ0n) is 16.2. The molecule has 0 spiro atoms. The molecule has 0 saturated heterocycles. The van der Waals surface area contributed by atoms with E-state index in [-0.39, 0.29) is 18.3 Å². The zero-order chi connectivity index (χ0) is 19.7. The minimum absolute atomic E-state index is 0.245. The maximum atomic E-state index is 12.5. The van der Waals surface area contributed by atoms with Gasteiger partial charge in [0.15, 0.2) is 11.5 Å². The molecule has 1 aliphatic heterocycles. The van der Waals surface area contributed by atoms with Crippen LogP contribution in [0.1, 0.15) is 42.5 Å². The third-order valence-electron chi connectivity index (χ3n) is 4.93. The van der Waals surface area contributed by atoms with Gasteiger partial charge >= 0.3 is 5.97 Å². The lowest BCUT2D eigenvalue weighted by atomic mass is 9.93. The number of ether oxygens (including phenoxy) is 3. The van der Waals surface area contributed by atoms with Gasteiger partial charge in [0.25, 0.3) is 0 Å². The van der Waals surface area contributed by atoms with Gasteiger partial charge in [-0.1, -0.05) is 24.3 Å². The standard InChI is InChI=1S/C22H23NO5/c1-4-25-21(24)20-15-7-5-6-8-16(15)28-19(20)12-23-22(2,3)14-9-10-17-18(11-14)27-13-26-17/h5-11,23H,4,12-13H2,1-3H3. The van der Waals surface area contributed by atoms with Crippen LogP contribution in [-0.2, 0) is 16.8 Å². The fourth-order valence-corrected chi connectivity index (χ4v) is 3.34. The van der Waals surface area contributed by atoms with E-state index in [4.69, 9.17) is 18.6 Å². The van der Waals surface area contributed by atoms with Gasteiger partial charge in [0.05, 0.1) is 13.2 Å². The van der Waals surface area contributed by atoms with Crippen LogP contribution in [0.3, 0.4) is 0 Å². The summed E-state index contributed by atoms with van der Waals surface area (Å²) in [5, 5.41) is 4.25. The zero-order valence-corrected chi connectivity index (χ0v) is 16.2. The van der Waals surface area contributed by atoms with E-state index in [1.165, 1.54) is 0 Å². The van der Waals surface area contributed by atoms with Crippen LogP contribution < -0.4 is 14.8 Å². The number of para-hydroxylation sites is 1. The summed E-state index contributed by atoms with van der Waals surface area (Å²) >= 11 is 0. The van der Waals surface area contributed by atoms with Crippen molar-refractivity contribution in [2.45, 2.75) is 32.9 Å². The van der Waals surface area contributed by atoms with Gasteiger partial charge in [0.2, 0.25) is 6.79 Å². The number of carbonyl (C=O) groups is 1. The Hall–Kier alpha value is -2.99. The molecule has 1 aliphatic rings. The number of benzene rings is 2. The van der Waals surface area contributed by atoms with Crippen molar-refractivity contribution in [1.29, 1.82) is 0 Å². The van der Waals surface area contributed by atoms with Crippen LogP contribution in [0.25, 0.3) is 11.0 Å². The highest BCUT2D eigenvalue weighted by molar-refractivity contribution is 6.04. The molecule has 6 nitrogen and oxygen atoms in total. The molecule has 28 heavy (non-hydrogen) atoms. The van der Waals surface area contributed by atoms with Crippen LogP contribution in [-0.4, -0.2) is 19.4 Å². The summed E-state index contributed by atoms with van der Waals surface area (Å²) in [6.45, 7) is 6.86. The van der Waals surface area contributed by atoms with Gasteiger partial charge in [-0.15, -0.1) is 0 Å². The molecular formula is C22H23NO5. The third-order valence-corrected chi connectivity index (χ3v) is 4.93. The maximum absolute atomic E-state index is 12.5. The molecule has 146 valence electrons. The van der Waals surface area contributed by atoms with Gasteiger partial charge in [0, 0.05) is 10.9 Å². The van der Waals surface area contributed by atoms with E-state index in [0.29, 0.717) is 30.1 Å². The van der Waals surface area contributed by atoms with E-state index in [1.54, 1.807) is 6.92 Å². The van der Waals surface area contributed by atoms with E-state index in [1.807, 2.05) is 42.5 Å². The fourth-order valence-electron chi connectivity index (χ4n) is 3.34. The van der Waals surface area contributed by atoms with Crippen molar-refractivity contribution in [3.05, 3.63) is 59.4 Å². The van der Waals surface area contributed by atoms with E-state index < -0.39 is 0 Å². The Labute approximate surface area is 163 Å². The highest BCUT2D eigenvalue weighted by Gasteiger charge is 2.27. The van der Waals surface area contributed by atoms with Crippen molar-refractivity contribution in [2.24, 2.45) is 0 Å². The molecule has 1 aromatic heterocycles. The molecule has 3 aromatic rings. The van der Waals surface area contributed by atoms with Gasteiger partial charge < -0.3 is 23.9 Å². The molecule has 0 radical (unpaired) electrons. The second-order valence-corrected chi connectivity index (χ2v) is 7.16. The van der Waals surface area contributed by atoms with Crippen LogP contribution in [0.5, 0.6) is 11.5 Å². The second kappa shape index (κ2) is 7.20. The molecule has 2 heterocycles. The van der Waals surface area contributed by atoms with Crippen molar-refractivity contribution < 1.29 is 23.4 Å². The molecule has 2 aromatic carbocycles. The minimum Gasteiger partial charge on any atom is -0.462 e. The average Bonchev–Trinajstić information content (AvgIpc) is 3.30. The fraction of sp³-hybridized carbons (Fsp3) is 0.318. The predicted molar refractivity (Wildman–Crippen MR) is 105 cm³/mol. The van der Waals surface area contributed by atoms with Crippen LogP contribution in [0.15, 0.2) is 46.9 Å². The highest BCUT2D eigenvalue weighted by Crippen LogP contribution is 2.36. The first-order chi connectivity index (χ1) is 13.5. The van der Waals surface area contributed by atoms with E-state index >= 15 is 0 Å². The van der Waals surface area contributed by atoms with Crippen molar-refractivity contribution in [1.82, 2.24) is 5.32 Å². The summed E-state index contributed by atoms with van der Waals surface area (Å²) in [4.78, 5) is 12.5.